The molecule has 0 N–H and O–H groups in total. The van der Waals surface area contributed by atoms with E-state index in [1.807, 2.05) is 84.9 Å². The fraction of sp³-hybridized carbons (Fsp3) is 0. The van der Waals surface area contributed by atoms with Crippen molar-refractivity contribution in [2.75, 3.05) is 0 Å². The highest BCUT2D eigenvalue weighted by atomic mass is 16.5. The van der Waals surface area contributed by atoms with Crippen LogP contribution in [0.2, 0.25) is 0 Å². The summed E-state index contributed by atoms with van der Waals surface area (Å²) >= 11 is 0. The summed E-state index contributed by atoms with van der Waals surface area (Å²) in [6.45, 7) is 0. The van der Waals surface area contributed by atoms with Gasteiger partial charge in [-0.1, -0.05) is 115 Å². The van der Waals surface area contributed by atoms with Crippen LogP contribution < -0.4 is 4.74 Å². The fourth-order valence-corrected chi connectivity index (χ4v) is 7.49. The number of ether oxygens (including phenoxy) is 1. The minimum absolute atomic E-state index is 0.592. The van der Waals surface area contributed by atoms with Crippen molar-refractivity contribution in [3.8, 4) is 62.5 Å². The molecule has 10 aromatic rings. The molecule has 1 aliphatic rings. The van der Waals surface area contributed by atoms with E-state index in [9.17, 15) is 0 Å². The van der Waals surface area contributed by atoms with Gasteiger partial charge in [-0.3, -0.25) is 0 Å². The van der Waals surface area contributed by atoms with Gasteiger partial charge in [0, 0.05) is 43.8 Å². The molecule has 6 nitrogen and oxygen atoms in total. The van der Waals surface area contributed by atoms with Gasteiger partial charge >= 0.3 is 0 Å². The first kappa shape index (κ1) is 27.9. The Balaban J connectivity index is 1.07. The van der Waals surface area contributed by atoms with Crippen molar-refractivity contribution in [2.45, 2.75) is 0 Å². The van der Waals surface area contributed by atoms with Crippen molar-refractivity contribution < 1.29 is 9.15 Å². The van der Waals surface area contributed by atoms with Crippen LogP contribution in [0.3, 0.4) is 0 Å². The first-order chi connectivity index (χ1) is 25.3. The SMILES string of the molecule is c1ccc(-c2nc(-c3ccccc3)nc(-c3ccc4c(c3)oc3c(-c5ccc6c(c5)c5cccc7c5n6-c5ccccc5O7)cccc34)n2)cc1. The van der Waals surface area contributed by atoms with Crippen LogP contribution in [0.25, 0.3) is 94.7 Å². The van der Waals surface area contributed by atoms with Crippen molar-refractivity contribution in [3.63, 3.8) is 0 Å². The first-order valence-electron chi connectivity index (χ1n) is 16.9. The molecule has 7 aromatic carbocycles. The maximum Gasteiger partial charge on any atom is 0.164 e. The molecular formula is C45H26N4O2. The van der Waals surface area contributed by atoms with Gasteiger partial charge in [0.1, 0.15) is 11.2 Å². The molecule has 0 spiro atoms. The van der Waals surface area contributed by atoms with Crippen molar-refractivity contribution in [2.24, 2.45) is 0 Å². The molecule has 0 radical (unpaired) electrons. The van der Waals surface area contributed by atoms with Gasteiger partial charge in [-0.25, -0.2) is 15.0 Å². The highest BCUT2D eigenvalue weighted by Gasteiger charge is 2.24. The van der Waals surface area contributed by atoms with E-state index in [2.05, 4.69) is 77.4 Å². The molecule has 0 saturated carbocycles. The van der Waals surface area contributed by atoms with Crippen LogP contribution in [0.15, 0.2) is 162 Å². The number of hydrogen-bond acceptors (Lipinski definition) is 5. The van der Waals surface area contributed by atoms with Crippen molar-refractivity contribution in [3.05, 3.63) is 158 Å². The minimum Gasteiger partial charge on any atom is -0.455 e. The molecule has 0 amide bonds. The van der Waals surface area contributed by atoms with E-state index in [4.69, 9.17) is 24.1 Å². The standard InChI is InChI=1S/C45H26N4O2/c1-3-11-27(12-4-1)43-46-44(28-13-5-2-6-14-28)48-45(47-43)30-21-23-32-34-17-9-15-31(42(34)51-40(32)26-30)29-22-24-36-35(25-29)33-16-10-20-39-41(33)49(36)37-18-7-8-19-38(37)50-39/h1-26H. The Kier molecular flexibility index (Phi) is 5.86. The Morgan fingerprint density at radius 1 is 0.431 bits per heavy atom. The zero-order valence-electron chi connectivity index (χ0n) is 27.1. The lowest BCUT2D eigenvalue weighted by Gasteiger charge is -2.20. The van der Waals surface area contributed by atoms with Gasteiger partial charge in [0.15, 0.2) is 29.0 Å². The van der Waals surface area contributed by atoms with Gasteiger partial charge in [0.2, 0.25) is 0 Å². The molecule has 0 bridgehead atoms. The molecule has 0 aliphatic carbocycles. The molecule has 3 aromatic heterocycles. The van der Waals surface area contributed by atoms with Gasteiger partial charge in [0.25, 0.3) is 0 Å². The second-order valence-corrected chi connectivity index (χ2v) is 12.8. The normalized spacial score (nSPS) is 12.1. The van der Waals surface area contributed by atoms with Crippen LogP contribution in [0, 0.1) is 0 Å². The summed E-state index contributed by atoms with van der Waals surface area (Å²) in [5, 5.41) is 4.42. The van der Waals surface area contributed by atoms with E-state index in [1.54, 1.807) is 0 Å². The molecule has 0 fully saturated rings. The van der Waals surface area contributed by atoms with Crippen molar-refractivity contribution in [1.82, 2.24) is 19.5 Å². The Labute approximate surface area is 291 Å². The number of hydrogen-bond donors (Lipinski definition) is 0. The summed E-state index contributed by atoms with van der Waals surface area (Å²) in [6.07, 6.45) is 0. The van der Waals surface area contributed by atoms with Gasteiger partial charge in [-0.2, -0.15) is 0 Å². The fourth-order valence-electron chi connectivity index (χ4n) is 7.49. The lowest BCUT2D eigenvalue weighted by atomic mass is 10.00. The third kappa shape index (κ3) is 4.26. The molecule has 51 heavy (non-hydrogen) atoms. The zero-order valence-corrected chi connectivity index (χ0v) is 27.1. The first-order valence-corrected chi connectivity index (χ1v) is 16.9. The van der Waals surface area contributed by atoms with E-state index in [-0.39, 0.29) is 0 Å². The molecule has 0 atom stereocenters. The van der Waals surface area contributed by atoms with Gasteiger partial charge in [-0.05, 0) is 48.0 Å². The average Bonchev–Trinajstić information content (AvgIpc) is 3.75. The Hall–Kier alpha value is -7.05. The average molecular weight is 655 g/mol. The summed E-state index contributed by atoms with van der Waals surface area (Å²) in [5.74, 6) is 3.56. The summed E-state index contributed by atoms with van der Waals surface area (Å²) < 4.78 is 15.4. The van der Waals surface area contributed by atoms with Crippen LogP contribution in [-0.2, 0) is 0 Å². The third-order valence-corrected chi connectivity index (χ3v) is 9.84. The summed E-state index contributed by atoms with van der Waals surface area (Å²) in [7, 11) is 0. The number of benzene rings is 7. The van der Waals surface area contributed by atoms with Crippen molar-refractivity contribution in [1.29, 1.82) is 0 Å². The molecule has 6 heteroatoms. The van der Waals surface area contributed by atoms with E-state index in [1.165, 1.54) is 5.39 Å². The molecule has 0 unspecified atom stereocenters. The number of aromatic nitrogens is 4. The Morgan fingerprint density at radius 2 is 1.08 bits per heavy atom. The Morgan fingerprint density at radius 3 is 1.86 bits per heavy atom. The summed E-state index contributed by atoms with van der Waals surface area (Å²) in [4.78, 5) is 14.7. The molecule has 1 aliphatic heterocycles. The quantitative estimate of drug-likeness (QED) is 0.189. The van der Waals surface area contributed by atoms with E-state index in [0.29, 0.717) is 17.5 Å². The van der Waals surface area contributed by atoms with E-state index >= 15 is 0 Å². The topological polar surface area (TPSA) is 66.0 Å². The monoisotopic (exact) mass is 654 g/mol. The molecule has 11 rings (SSSR count). The minimum atomic E-state index is 0.592. The number of para-hydroxylation sites is 4. The highest BCUT2D eigenvalue weighted by Crippen LogP contribution is 2.46. The number of fused-ring (bicyclic) bond motifs is 8. The van der Waals surface area contributed by atoms with Gasteiger partial charge < -0.3 is 13.7 Å². The van der Waals surface area contributed by atoms with E-state index in [0.717, 1.165) is 83.4 Å². The predicted molar refractivity (Wildman–Crippen MR) is 203 cm³/mol. The lowest BCUT2D eigenvalue weighted by Crippen LogP contribution is -2.03. The summed E-state index contributed by atoms with van der Waals surface area (Å²) in [6, 6.07) is 53.8. The lowest BCUT2D eigenvalue weighted by molar-refractivity contribution is 0.476. The predicted octanol–water partition coefficient (Wildman–Crippen LogP) is 11.6. The molecule has 0 saturated heterocycles. The Bertz CT molecular complexity index is 2940. The second-order valence-electron chi connectivity index (χ2n) is 12.8. The molecule has 4 heterocycles. The summed E-state index contributed by atoms with van der Waals surface area (Å²) in [5.41, 5.74) is 9.74. The van der Waals surface area contributed by atoms with Crippen LogP contribution in [0.5, 0.6) is 11.5 Å². The van der Waals surface area contributed by atoms with Crippen molar-refractivity contribution >= 4 is 43.7 Å². The van der Waals surface area contributed by atoms with Crippen LogP contribution in [-0.4, -0.2) is 19.5 Å². The largest absolute Gasteiger partial charge is 0.455 e. The number of rotatable bonds is 4. The molecule has 238 valence electrons. The molecular weight excluding hydrogens is 629 g/mol. The zero-order chi connectivity index (χ0) is 33.5. The number of furan rings is 1. The van der Waals surface area contributed by atoms with Crippen LogP contribution in [0.4, 0.5) is 0 Å². The van der Waals surface area contributed by atoms with Gasteiger partial charge in [0.05, 0.1) is 16.7 Å². The van der Waals surface area contributed by atoms with Crippen LogP contribution >= 0.6 is 0 Å². The van der Waals surface area contributed by atoms with Crippen LogP contribution in [0.1, 0.15) is 0 Å². The smallest absolute Gasteiger partial charge is 0.164 e. The van der Waals surface area contributed by atoms with Gasteiger partial charge in [-0.15, -0.1) is 0 Å². The number of nitrogens with zero attached hydrogens (tertiary/aromatic N) is 4. The third-order valence-electron chi connectivity index (χ3n) is 9.84. The highest BCUT2D eigenvalue weighted by molar-refractivity contribution is 6.15. The maximum atomic E-state index is 6.74. The second kappa shape index (κ2) is 10.7. The maximum absolute atomic E-state index is 6.74. The van der Waals surface area contributed by atoms with E-state index < -0.39 is 0 Å².